The zero-order chi connectivity index (χ0) is 14.1. The molecule has 2 N–H and O–H groups in total. The summed E-state index contributed by atoms with van der Waals surface area (Å²) in [6.07, 6.45) is 7.04. The maximum Gasteiger partial charge on any atom is 0.140 e. The number of hydrogen-bond acceptors (Lipinski definition) is 3. The van der Waals surface area contributed by atoms with Crippen molar-refractivity contribution in [3.8, 4) is 5.75 Å². The molecule has 0 fully saturated rings. The molecule has 19 heavy (non-hydrogen) atoms. The zero-order valence-corrected chi connectivity index (χ0v) is 12.6. The lowest BCUT2D eigenvalue weighted by Crippen LogP contribution is -2.19. The van der Waals surface area contributed by atoms with E-state index in [1.54, 1.807) is 0 Å². The quantitative estimate of drug-likeness (QED) is 0.693. The van der Waals surface area contributed by atoms with Gasteiger partial charge in [0.15, 0.2) is 0 Å². The largest absolute Gasteiger partial charge is 0.492 e. The molecule has 3 heteroatoms. The van der Waals surface area contributed by atoms with Crippen molar-refractivity contribution >= 4 is 0 Å². The van der Waals surface area contributed by atoms with Gasteiger partial charge in [0.2, 0.25) is 0 Å². The Morgan fingerprint density at radius 2 is 1.95 bits per heavy atom. The van der Waals surface area contributed by atoms with Gasteiger partial charge in [0.25, 0.3) is 0 Å². The number of unbranched alkanes of at least 4 members (excludes halogenated alkanes) is 4. The van der Waals surface area contributed by atoms with Crippen LogP contribution < -0.4 is 10.5 Å². The van der Waals surface area contributed by atoms with E-state index in [9.17, 15) is 0 Å². The number of nitrogens with zero attached hydrogens (tertiary/aromatic N) is 1. The SMILES string of the molecule is CCCCCCCOc1ccc(C)nc1CC(C)N. The average Bonchev–Trinajstić information content (AvgIpc) is 2.35. The van der Waals surface area contributed by atoms with Crippen LogP contribution in [-0.2, 0) is 6.42 Å². The molecule has 0 amide bonds. The summed E-state index contributed by atoms with van der Waals surface area (Å²) in [4.78, 5) is 4.54. The van der Waals surface area contributed by atoms with Crippen LogP contribution in [0.2, 0.25) is 0 Å². The Morgan fingerprint density at radius 3 is 2.63 bits per heavy atom. The summed E-state index contributed by atoms with van der Waals surface area (Å²) in [6.45, 7) is 7.01. The molecule has 0 saturated carbocycles. The van der Waals surface area contributed by atoms with E-state index in [-0.39, 0.29) is 6.04 Å². The van der Waals surface area contributed by atoms with Crippen LogP contribution in [0.25, 0.3) is 0 Å². The Labute approximate surface area is 117 Å². The topological polar surface area (TPSA) is 48.1 Å². The number of pyridine rings is 1. The van der Waals surface area contributed by atoms with Gasteiger partial charge in [-0.1, -0.05) is 32.6 Å². The number of rotatable bonds is 9. The van der Waals surface area contributed by atoms with Gasteiger partial charge < -0.3 is 10.5 Å². The molecule has 0 spiro atoms. The fourth-order valence-electron chi connectivity index (χ4n) is 2.07. The van der Waals surface area contributed by atoms with E-state index in [0.29, 0.717) is 0 Å². The van der Waals surface area contributed by atoms with E-state index in [0.717, 1.165) is 36.6 Å². The highest BCUT2D eigenvalue weighted by Crippen LogP contribution is 2.19. The van der Waals surface area contributed by atoms with Crippen molar-refractivity contribution in [2.45, 2.75) is 65.3 Å². The lowest BCUT2D eigenvalue weighted by Gasteiger charge is -2.13. The van der Waals surface area contributed by atoms with Gasteiger partial charge in [-0.25, -0.2) is 0 Å². The first-order chi connectivity index (χ1) is 9.13. The third-order valence-corrected chi connectivity index (χ3v) is 3.09. The number of aryl methyl sites for hydroxylation is 1. The Balaban J connectivity index is 2.43. The third-order valence-electron chi connectivity index (χ3n) is 3.09. The molecule has 0 aliphatic rings. The van der Waals surface area contributed by atoms with Crippen molar-refractivity contribution in [2.75, 3.05) is 6.61 Å². The van der Waals surface area contributed by atoms with Crippen LogP contribution in [0.5, 0.6) is 5.75 Å². The van der Waals surface area contributed by atoms with E-state index < -0.39 is 0 Å². The van der Waals surface area contributed by atoms with E-state index in [1.807, 2.05) is 26.0 Å². The first kappa shape index (κ1) is 16.0. The monoisotopic (exact) mass is 264 g/mol. The molecule has 1 heterocycles. The van der Waals surface area contributed by atoms with Crippen LogP contribution in [0.4, 0.5) is 0 Å². The van der Waals surface area contributed by atoms with Crippen molar-refractivity contribution in [2.24, 2.45) is 5.73 Å². The molecule has 1 unspecified atom stereocenters. The predicted octanol–water partition coefficient (Wildman–Crippen LogP) is 3.63. The van der Waals surface area contributed by atoms with Crippen LogP contribution in [-0.4, -0.2) is 17.6 Å². The molecule has 1 atom stereocenters. The predicted molar refractivity (Wildman–Crippen MR) is 80.6 cm³/mol. The van der Waals surface area contributed by atoms with Crippen molar-refractivity contribution in [3.63, 3.8) is 0 Å². The van der Waals surface area contributed by atoms with Crippen LogP contribution in [0.3, 0.4) is 0 Å². The van der Waals surface area contributed by atoms with Gasteiger partial charge in [-0.15, -0.1) is 0 Å². The third kappa shape index (κ3) is 6.58. The normalized spacial score (nSPS) is 12.4. The Hall–Kier alpha value is -1.09. The highest BCUT2D eigenvalue weighted by molar-refractivity contribution is 5.29. The molecule has 108 valence electrons. The minimum atomic E-state index is 0.112. The fraction of sp³-hybridized carbons (Fsp3) is 0.688. The zero-order valence-electron chi connectivity index (χ0n) is 12.6. The van der Waals surface area contributed by atoms with Crippen molar-refractivity contribution in [1.29, 1.82) is 0 Å². The van der Waals surface area contributed by atoms with Crippen LogP contribution in [0.1, 0.15) is 57.3 Å². The van der Waals surface area contributed by atoms with Gasteiger partial charge in [0.05, 0.1) is 12.3 Å². The van der Waals surface area contributed by atoms with Gasteiger partial charge in [-0.2, -0.15) is 0 Å². The van der Waals surface area contributed by atoms with E-state index in [2.05, 4.69) is 11.9 Å². The summed E-state index contributed by atoms with van der Waals surface area (Å²) >= 11 is 0. The highest BCUT2D eigenvalue weighted by Gasteiger charge is 2.08. The van der Waals surface area contributed by atoms with Crippen molar-refractivity contribution in [1.82, 2.24) is 4.98 Å². The van der Waals surface area contributed by atoms with Crippen LogP contribution >= 0.6 is 0 Å². The maximum atomic E-state index is 5.86. The first-order valence-corrected chi connectivity index (χ1v) is 7.48. The Morgan fingerprint density at radius 1 is 1.21 bits per heavy atom. The van der Waals surface area contributed by atoms with Crippen molar-refractivity contribution in [3.05, 3.63) is 23.5 Å². The molecule has 0 radical (unpaired) electrons. The lowest BCUT2D eigenvalue weighted by molar-refractivity contribution is 0.299. The van der Waals surface area contributed by atoms with Gasteiger partial charge in [-0.05, 0) is 32.4 Å². The molecule has 1 rings (SSSR count). The molecule has 0 saturated heterocycles. The molecule has 0 aliphatic carbocycles. The van der Waals surface area contributed by atoms with E-state index in [1.165, 1.54) is 25.7 Å². The summed E-state index contributed by atoms with van der Waals surface area (Å²) in [5.74, 6) is 0.901. The fourth-order valence-corrected chi connectivity index (χ4v) is 2.07. The van der Waals surface area contributed by atoms with Gasteiger partial charge in [0, 0.05) is 18.2 Å². The minimum absolute atomic E-state index is 0.112. The molecular weight excluding hydrogens is 236 g/mol. The van der Waals surface area contributed by atoms with E-state index in [4.69, 9.17) is 10.5 Å². The van der Waals surface area contributed by atoms with Gasteiger partial charge >= 0.3 is 0 Å². The summed E-state index contributed by atoms with van der Waals surface area (Å²) in [5.41, 5.74) is 7.87. The Kier molecular flexibility index (Phi) is 7.49. The molecule has 0 aliphatic heterocycles. The van der Waals surface area contributed by atoms with E-state index >= 15 is 0 Å². The standard InChI is InChI=1S/C16H28N2O/c1-4-5-6-7-8-11-19-16-10-9-14(3)18-15(16)12-13(2)17/h9-10,13H,4-8,11-12,17H2,1-3H3. The highest BCUT2D eigenvalue weighted by atomic mass is 16.5. The second kappa shape index (κ2) is 8.92. The summed E-state index contributed by atoms with van der Waals surface area (Å²) in [7, 11) is 0. The Bertz CT molecular complexity index is 364. The summed E-state index contributed by atoms with van der Waals surface area (Å²) in [5, 5.41) is 0. The number of nitrogens with two attached hydrogens (primary N) is 1. The van der Waals surface area contributed by atoms with Crippen molar-refractivity contribution < 1.29 is 4.74 Å². The molecule has 0 aromatic carbocycles. The molecule has 1 aromatic rings. The average molecular weight is 264 g/mol. The number of aromatic nitrogens is 1. The molecule has 0 bridgehead atoms. The van der Waals surface area contributed by atoms with Gasteiger partial charge in [0.1, 0.15) is 5.75 Å². The van der Waals surface area contributed by atoms with Gasteiger partial charge in [-0.3, -0.25) is 4.98 Å². The molecule has 1 aromatic heterocycles. The minimum Gasteiger partial charge on any atom is -0.492 e. The van der Waals surface area contributed by atoms with Crippen LogP contribution in [0, 0.1) is 6.92 Å². The lowest BCUT2D eigenvalue weighted by atomic mass is 10.1. The second-order valence-electron chi connectivity index (χ2n) is 5.34. The summed E-state index contributed by atoms with van der Waals surface area (Å²) in [6, 6.07) is 4.13. The number of ether oxygens (including phenoxy) is 1. The maximum absolute atomic E-state index is 5.86. The second-order valence-corrected chi connectivity index (χ2v) is 5.34. The number of hydrogen-bond donors (Lipinski definition) is 1. The molecular formula is C16H28N2O. The van der Waals surface area contributed by atoms with Crippen LogP contribution in [0.15, 0.2) is 12.1 Å². The first-order valence-electron chi connectivity index (χ1n) is 7.48. The summed E-state index contributed by atoms with van der Waals surface area (Å²) < 4.78 is 5.86. The smallest absolute Gasteiger partial charge is 0.140 e. The molecule has 3 nitrogen and oxygen atoms in total.